The molecule has 192 valence electrons. The van der Waals surface area contributed by atoms with E-state index in [1.165, 1.54) is 17.8 Å². The average Bonchev–Trinajstić information content (AvgIpc) is 3.53. The fraction of sp³-hybridized carbons (Fsp3) is 0.379. The molecule has 3 nitrogen and oxygen atoms in total. The first kappa shape index (κ1) is 29.3. The van der Waals surface area contributed by atoms with Crippen LogP contribution in [0.5, 0.6) is 5.75 Å². The summed E-state index contributed by atoms with van der Waals surface area (Å²) in [5.41, 5.74) is 1.87. The molecular formula is C29H33F3N2OS. The van der Waals surface area contributed by atoms with Crippen molar-refractivity contribution < 1.29 is 17.9 Å². The zero-order valence-electron chi connectivity index (χ0n) is 21.5. The molecule has 3 rings (SSSR count). The number of alkyl halides is 1. The van der Waals surface area contributed by atoms with Crippen LogP contribution in [0.1, 0.15) is 51.2 Å². The molecule has 1 heterocycles. The Morgan fingerprint density at radius 2 is 2.08 bits per heavy atom. The number of ether oxygens (including phenoxy) is 1. The number of rotatable bonds is 8. The van der Waals surface area contributed by atoms with Crippen LogP contribution < -0.4 is 15.3 Å². The summed E-state index contributed by atoms with van der Waals surface area (Å²) in [7, 11) is 0. The van der Waals surface area contributed by atoms with Crippen molar-refractivity contribution in [3.8, 4) is 18.1 Å². The first-order valence-electron chi connectivity index (χ1n) is 11.6. The maximum atomic E-state index is 13.9. The second-order valence-electron chi connectivity index (χ2n) is 8.90. The van der Waals surface area contributed by atoms with Gasteiger partial charge in [0.1, 0.15) is 19.0 Å². The van der Waals surface area contributed by atoms with E-state index in [0.717, 1.165) is 21.2 Å². The third-order valence-corrected chi connectivity index (χ3v) is 7.24. The van der Waals surface area contributed by atoms with Gasteiger partial charge >= 0.3 is 0 Å². The molecule has 0 bridgehead atoms. The van der Waals surface area contributed by atoms with Crippen molar-refractivity contribution in [3.05, 3.63) is 69.2 Å². The minimum Gasteiger partial charge on any atom is -0.479 e. The van der Waals surface area contributed by atoms with Gasteiger partial charge in [0, 0.05) is 6.21 Å². The monoisotopic (exact) mass is 514 g/mol. The number of thioether (sulfide) groups is 1. The number of aryl methyl sites for hydroxylation is 1. The Balaban J connectivity index is 0.000000261. The molecule has 0 amide bonds. The van der Waals surface area contributed by atoms with E-state index in [2.05, 4.69) is 29.1 Å². The van der Waals surface area contributed by atoms with Gasteiger partial charge in [0.25, 0.3) is 0 Å². The van der Waals surface area contributed by atoms with Gasteiger partial charge in [-0.05, 0) is 79.3 Å². The molecular weight excluding hydrogens is 481 g/mol. The number of aliphatic imine (C=N–C) groups is 1. The lowest BCUT2D eigenvalue weighted by molar-refractivity contribution is 0.368. The number of halogens is 3. The molecule has 7 heteroatoms. The molecule has 1 aromatic heterocycles. The van der Waals surface area contributed by atoms with Crippen molar-refractivity contribution in [3.63, 3.8) is 0 Å². The van der Waals surface area contributed by atoms with Crippen LogP contribution in [-0.4, -0.2) is 29.2 Å². The van der Waals surface area contributed by atoms with E-state index in [4.69, 9.17) is 11.2 Å². The number of hydrogen-bond donors (Lipinski definition) is 0. The van der Waals surface area contributed by atoms with Crippen LogP contribution in [0.3, 0.4) is 0 Å². The molecule has 2 aromatic rings. The molecule has 0 spiro atoms. The smallest absolute Gasteiger partial charge is 0.162 e. The number of nitrogens with zero attached hydrogens (tertiary/aromatic N) is 2. The Hall–Kier alpha value is -2.98. The Morgan fingerprint density at radius 1 is 1.39 bits per heavy atom. The van der Waals surface area contributed by atoms with E-state index in [1.54, 1.807) is 31.5 Å². The predicted octanol–water partition coefficient (Wildman–Crippen LogP) is 6.09. The third kappa shape index (κ3) is 7.27. The summed E-state index contributed by atoms with van der Waals surface area (Å²) in [6.07, 6.45) is 9.12. The van der Waals surface area contributed by atoms with Crippen molar-refractivity contribution in [2.75, 3.05) is 13.3 Å². The maximum Gasteiger partial charge on any atom is 0.162 e. The molecule has 1 aliphatic rings. The van der Waals surface area contributed by atoms with E-state index in [1.807, 2.05) is 27.7 Å². The number of terminal acetylenes is 1. The average molecular weight is 515 g/mol. The lowest BCUT2D eigenvalue weighted by Gasteiger charge is -2.19. The van der Waals surface area contributed by atoms with Gasteiger partial charge in [-0.1, -0.05) is 32.1 Å². The van der Waals surface area contributed by atoms with Gasteiger partial charge in [-0.25, -0.2) is 13.2 Å². The number of allylic oxidation sites excluding steroid dienone is 1. The summed E-state index contributed by atoms with van der Waals surface area (Å²) < 4.78 is 45.5. The van der Waals surface area contributed by atoms with E-state index in [-0.39, 0.29) is 18.4 Å². The first-order valence-corrected chi connectivity index (χ1v) is 12.4. The number of hydrogen-bond acceptors (Lipinski definition) is 4. The number of benzene rings is 1. The summed E-state index contributed by atoms with van der Waals surface area (Å²) in [5, 5.41) is 1.55. The van der Waals surface area contributed by atoms with Crippen LogP contribution in [0.4, 0.5) is 13.2 Å². The molecule has 1 aromatic carbocycles. The molecule has 0 saturated heterocycles. The lowest BCUT2D eigenvalue weighted by atomic mass is 9.93. The normalized spacial score (nSPS) is 20.1. The van der Waals surface area contributed by atoms with E-state index in [9.17, 15) is 13.2 Å². The number of pyridine rings is 1. The minimum atomic E-state index is -0.828. The van der Waals surface area contributed by atoms with Crippen molar-refractivity contribution >= 4 is 30.3 Å². The second kappa shape index (κ2) is 12.8. The Bertz CT molecular complexity index is 1280. The van der Waals surface area contributed by atoms with Gasteiger partial charge in [-0.3, -0.25) is 9.98 Å². The summed E-state index contributed by atoms with van der Waals surface area (Å²) in [5.74, 6) is 1.21. The highest BCUT2D eigenvalue weighted by Gasteiger charge is 2.57. The fourth-order valence-corrected chi connectivity index (χ4v) is 5.53. The summed E-state index contributed by atoms with van der Waals surface area (Å²) >= 11 is 1.43. The summed E-state index contributed by atoms with van der Waals surface area (Å²) in [4.78, 5) is 9.26. The number of aromatic nitrogens is 1. The highest BCUT2D eigenvalue weighted by Crippen LogP contribution is 2.62. The van der Waals surface area contributed by atoms with Gasteiger partial charge in [-0.2, -0.15) is 0 Å². The van der Waals surface area contributed by atoms with Gasteiger partial charge in [-0.15, -0.1) is 18.2 Å². The quantitative estimate of drug-likeness (QED) is 0.316. The van der Waals surface area contributed by atoms with Crippen LogP contribution in [0.15, 0.2) is 40.9 Å². The molecule has 0 N–H and O–H groups in total. The van der Waals surface area contributed by atoms with Crippen molar-refractivity contribution in [2.24, 2.45) is 10.9 Å². The first-order chi connectivity index (χ1) is 17.0. The van der Waals surface area contributed by atoms with Crippen molar-refractivity contribution in [2.45, 2.75) is 51.7 Å². The molecule has 3 atom stereocenters. The highest BCUT2D eigenvalue weighted by molar-refractivity contribution is 8.04. The van der Waals surface area contributed by atoms with E-state index >= 15 is 0 Å². The molecule has 1 fully saturated rings. The summed E-state index contributed by atoms with van der Waals surface area (Å²) in [6.45, 7) is 16.6. The van der Waals surface area contributed by atoms with E-state index < -0.39 is 23.1 Å². The van der Waals surface area contributed by atoms with Gasteiger partial charge in [0.15, 0.2) is 11.6 Å². The summed E-state index contributed by atoms with van der Waals surface area (Å²) in [6, 6.07) is 4.65. The SMILES string of the molecule is C#CCOc1cn/c(=C(\C)N=CC)c(=C)c1.C=C(C)S[C@@]1(CF)CC1C(C)c1cc(C)cc(F)c1F. The zero-order valence-corrected chi connectivity index (χ0v) is 22.3. The van der Waals surface area contributed by atoms with Crippen LogP contribution in [0.2, 0.25) is 0 Å². The minimum absolute atomic E-state index is 0.0184. The van der Waals surface area contributed by atoms with E-state index in [0.29, 0.717) is 23.3 Å². The Morgan fingerprint density at radius 3 is 2.64 bits per heavy atom. The molecule has 0 radical (unpaired) electrons. The van der Waals surface area contributed by atoms with Gasteiger partial charge in [0.2, 0.25) is 0 Å². The van der Waals surface area contributed by atoms with Crippen LogP contribution in [-0.2, 0) is 0 Å². The van der Waals surface area contributed by atoms with Gasteiger partial charge in [0.05, 0.1) is 22.0 Å². The second-order valence-corrected chi connectivity index (χ2v) is 10.6. The van der Waals surface area contributed by atoms with Gasteiger partial charge < -0.3 is 4.74 Å². The Kier molecular flexibility index (Phi) is 10.4. The van der Waals surface area contributed by atoms with Crippen molar-refractivity contribution in [1.82, 2.24) is 4.98 Å². The highest BCUT2D eigenvalue weighted by atomic mass is 32.2. The molecule has 2 unspecified atom stereocenters. The van der Waals surface area contributed by atoms with Crippen LogP contribution >= 0.6 is 11.8 Å². The third-order valence-electron chi connectivity index (χ3n) is 5.91. The van der Waals surface area contributed by atoms with Crippen molar-refractivity contribution in [1.29, 1.82) is 0 Å². The van der Waals surface area contributed by atoms with Crippen LogP contribution in [0.25, 0.3) is 12.3 Å². The largest absolute Gasteiger partial charge is 0.479 e. The molecule has 36 heavy (non-hydrogen) atoms. The van der Waals surface area contributed by atoms with Crippen LogP contribution in [0, 0.1) is 36.8 Å². The maximum absolute atomic E-state index is 13.9. The standard InChI is InChI=1S/C16H19F3S.C13H14N2O/c1-9(2)20-16(8-17)7-13(16)11(4)12-5-10(3)6-14(18)15(12)19;1-5-7-16-12-8-10(3)13(15-9-12)11(4)14-6-2/h5-6,11,13H,1,7-8H2,2-4H3;1,6,8-9H,3,7H2,2,4H3/b;13-11+,14-6?/t11?,13?,16-;/m1./s1. The zero-order chi connectivity index (χ0) is 27.0. The predicted molar refractivity (Wildman–Crippen MR) is 145 cm³/mol. The molecule has 1 saturated carbocycles. The lowest BCUT2D eigenvalue weighted by Crippen LogP contribution is -2.28. The Labute approximate surface area is 216 Å². The molecule has 1 aliphatic carbocycles. The molecule has 0 aliphatic heterocycles. The topological polar surface area (TPSA) is 34.5 Å². The fourth-order valence-electron chi connectivity index (χ4n) is 4.16.